The van der Waals surface area contributed by atoms with Crippen LogP contribution in [-0.2, 0) is 9.59 Å². The summed E-state index contributed by atoms with van der Waals surface area (Å²) >= 11 is 0. The molecule has 5 heteroatoms. The van der Waals surface area contributed by atoms with E-state index in [4.69, 9.17) is 0 Å². The van der Waals surface area contributed by atoms with Crippen LogP contribution in [0.15, 0.2) is 0 Å². The van der Waals surface area contributed by atoms with Crippen molar-refractivity contribution in [3.63, 3.8) is 0 Å². The number of hydrogen-bond donors (Lipinski definition) is 0. The van der Waals surface area contributed by atoms with Crippen LogP contribution >= 0.6 is 0 Å². The molecule has 0 unspecified atom stereocenters. The zero-order chi connectivity index (χ0) is 15.7. The maximum absolute atomic E-state index is 10.6. The monoisotopic (exact) mass is 346 g/mol. The van der Waals surface area contributed by atoms with Crippen LogP contribution in [0.25, 0.3) is 0 Å². The fraction of sp³-hybridized carbons (Fsp3) is 0.889. The normalized spacial score (nSPS) is 40.5. The van der Waals surface area contributed by atoms with Gasteiger partial charge in [-0.05, 0) is 62.2 Å². The van der Waals surface area contributed by atoms with E-state index in [2.05, 4.69) is 0 Å². The summed E-state index contributed by atoms with van der Waals surface area (Å²) in [6.45, 7) is 0. The SMILES string of the molecule is O=C([O-])[C@@H]1CC2CCC1CC2.O=C([O-])[C@@H]1CC2CCC1CC2.[Ca+2]. The summed E-state index contributed by atoms with van der Waals surface area (Å²) in [4.78, 5) is 21.3. The molecule has 2 atom stereocenters. The van der Waals surface area contributed by atoms with Gasteiger partial charge in [0.25, 0.3) is 0 Å². The molecule has 0 aromatic heterocycles. The summed E-state index contributed by atoms with van der Waals surface area (Å²) in [5.74, 6) is 0.463. The number of aliphatic carboxylic acids is 2. The van der Waals surface area contributed by atoms with Crippen molar-refractivity contribution >= 4 is 49.7 Å². The third kappa shape index (κ3) is 4.64. The van der Waals surface area contributed by atoms with Gasteiger partial charge < -0.3 is 19.8 Å². The summed E-state index contributed by atoms with van der Waals surface area (Å²) in [5.41, 5.74) is 0. The Kier molecular flexibility index (Phi) is 7.24. The van der Waals surface area contributed by atoms with Crippen LogP contribution < -0.4 is 10.2 Å². The Labute approximate surface area is 168 Å². The summed E-state index contributed by atoms with van der Waals surface area (Å²) in [5, 5.41) is 21.3. The molecule has 0 N–H and O–H groups in total. The molecular weight excluding hydrogens is 320 g/mol. The molecule has 0 spiro atoms. The van der Waals surface area contributed by atoms with E-state index in [1.54, 1.807) is 0 Å². The van der Waals surface area contributed by atoms with Crippen molar-refractivity contribution in [3.8, 4) is 0 Å². The van der Waals surface area contributed by atoms with E-state index >= 15 is 0 Å². The van der Waals surface area contributed by atoms with Gasteiger partial charge >= 0.3 is 37.7 Å². The second-order valence-corrected chi connectivity index (χ2v) is 7.88. The molecule has 0 radical (unpaired) electrons. The number of carboxylic acid groups (broad SMARTS) is 2. The van der Waals surface area contributed by atoms with Crippen LogP contribution in [0.3, 0.4) is 0 Å². The average Bonchev–Trinajstić information content (AvgIpc) is 2.57. The van der Waals surface area contributed by atoms with Gasteiger partial charge in [0.05, 0.1) is 0 Å². The minimum atomic E-state index is -0.806. The van der Waals surface area contributed by atoms with E-state index in [0.29, 0.717) is 23.7 Å². The van der Waals surface area contributed by atoms with E-state index in [1.165, 1.54) is 25.7 Å². The van der Waals surface area contributed by atoms with Gasteiger partial charge in [0.1, 0.15) is 0 Å². The summed E-state index contributed by atoms with van der Waals surface area (Å²) in [6.07, 6.45) is 11.3. The first-order valence-corrected chi connectivity index (χ1v) is 8.96. The Bertz CT molecular complexity index is 383. The first-order valence-electron chi connectivity index (χ1n) is 8.96. The number of rotatable bonds is 2. The van der Waals surface area contributed by atoms with E-state index in [-0.39, 0.29) is 49.6 Å². The predicted molar refractivity (Wildman–Crippen MR) is 82.9 cm³/mol. The molecule has 0 amide bonds. The molecule has 0 aromatic rings. The van der Waals surface area contributed by atoms with Crippen molar-refractivity contribution in [3.05, 3.63) is 0 Å². The van der Waals surface area contributed by atoms with Gasteiger partial charge in [-0.1, -0.05) is 25.7 Å². The van der Waals surface area contributed by atoms with Crippen LogP contribution in [0.5, 0.6) is 0 Å². The zero-order valence-corrected chi connectivity index (χ0v) is 16.1. The van der Waals surface area contributed by atoms with Crippen LogP contribution in [-0.4, -0.2) is 49.7 Å². The van der Waals surface area contributed by atoms with Crippen molar-refractivity contribution in [1.82, 2.24) is 0 Å². The topological polar surface area (TPSA) is 80.3 Å². The van der Waals surface area contributed by atoms with Gasteiger partial charge in [-0.15, -0.1) is 0 Å². The second-order valence-electron chi connectivity index (χ2n) is 7.88. The molecular formula is C18H26CaO4. The van der Waals surface area contributed by atoms with Crippen LogP contribution in [0.1, 0.15) is 64.2 Å². The summed E-state index contributed by atoms with van der Waals surface area (Å²) < 4.78 is 0. The third-order valence-electron chi connectivity index (χ3n) is 6.70. The quantitative estimate of drug-likeness (QED) is 0.691. The van der Waals surface area contributed by atoms with E-state index in [9.17, 15) is 19.8 Å². The van der Waals surface area contributed by atoms with Gasteiger partial charge in [-0.3, -0.25) is 0 Å². The number of carboxylic acids is 2. The third-order valence-corrected chi connectivity index (χ3v) is 6.70. The average molecular weight is 346 g/mol. The second kappa shape index (κ2) is 8.53. The van der Waals surface area contributed by atoms with Gasteiger partial charge in [0.2, 0.25) is 0 Å². The minimum Gasteiger partial charge on any atom is -0.550 e. The maximum Gasteiger partial charge on any atom is 2.00 e. The largest absolute Gasteiger partial charge is 2.00 e. The molecule has 6 fully saturated rings. The zero-order valence-electron chi connectivity index (χ0n) is 13.9. The predicted octanol–water partition coefficient (Wildman–Crippen LogP) is 0.744. The Morgan fingerprint density at radius 2 is 0.913 bits per heavy atom. The summed E-state index contributed by atoms with van der Waals surface area (Å²) in [7, 11) is 0. The number of fused-ring (bicyclic) bond motifs is 6. The fourth-order valence-corrected chi connectivity index (χ4v) is 5.33. The molecule has 0 saturated heterocycles. The maximum atomic E-state index is 10.6. The number of carbonyl (C=O) groups excluding carboxylic acids is 2. The molecule has 6 aliphatic carbocycles. The van der Waals surface area contributed by atoms with Crippen molar-refractivity contribution in [1.29, 1.82) is 0 Å². The van der Waals surface area contributed by atoms with Crippen molar-refractivity contribution in [2.24, 2.45) is 35.5 Å². The molecule has 124 valence electrons. The molecule has 23 heavy (non-hydrogen) atoms. The summed E-state index contributed by atoms with van der Waals surface area (Å²) in [6, 6.07) is 0. The molecule has 0 aromatic carbocycles. The van der Waals surface area contributed by atoms with E-state index in [0.717, 1.165) is 38.5 Å². The number of carbonyl (C=O) groups is 2. The Balaban J connectivity index is 0.000000160. The van der Waals surface area contributed by atoms with Gasteiger partial charge in [-0.25, -0.2) is 0 Å². The molecule has 0 heterocycles. The molecule has 4 bridgehead atoms. The molecule has 6 rings (SSSR count). The fourth-order valence-electron chi connectivity index (χ4n) is 5.33. The van der Waals surface area contributed by atoms with Crippen LogP contribution in [0.2, 0.25) is 0 Å². The molecule has 6 aliphatic rings. The van der Waals surface area contributed by atoms with Crippen LogP contribution in [0.4, 0.5) is 0 Å². The van der Waals surface area contributed by atoms with E-state index < -0.39 is 11.9 Å². The molecule has 0 aliphatic heterocycles. The Hall–Kier alpha value is 0.200. The van der Waals surface area contributed by atoms with E-state index in [1.807, 2.05) is 0 Å². The number of hydrogen-bond acceptors (Lipinski definition) is 4. The molecule has 6 saturated carbocycles. The van der Waals surface area contributed by atoms with Gasteiger partial charge in [-0.2, -0.15) is 0 Å². The van der Waals surface area contributed by atoms with Crippen LogP contribution in [0, 0.1) is 35.5 Å². The Morgan fingerprint density at radius 3 is 1.04 bits per heavy atom. The minimum absolute atomic E-state index is 0. The van der Waals surface area contributed by atoms with Gasteiger partial charge in [0.15, 0.2) is 0 Å². The van der Waals surface area contributed by atoms with Crippen molar-refractivity contribution in [2.45, 2.75) is 64.2 Å². The van der Waals surface area contributed by atoms with Crippen molar-refractivity contribution < 1.29 is 19.8 Å². The Morgan fingerprint density at radius 1 is 0.609 bits per heavy atom. The first-order chi connectivity index (χ1) is 10.5. The smallest absolute Gasteiger partial charge is 0.550 e. The first kappa shape index (κ1) is 19.5. The standard InChI is InChI=1S/2C9H14O2.Ca/c2*10-9(11)8-5-6-1-3-7(8)4-2-6;/h2*6-8H,1-5H2,(H,10,11);/q;;+2/p-2/t2*6?,7?,8-;/m11./s1. The van der Waals surface area contributed by atoms with Gasteiger partial charge in [0, 0.05) is 23.8 Å². The van der Waals surface area contributed by atoms with Crippen molar-refractivity contribution in [2.75, 3.05) is 0 Å². The molecule has 4 nitrogen and oxygen atoms in total.